The van der Waals surface area contributed by atoms with E-state index in [1.807, 2.05) is 0 Å². The minimum absolute atomic E-state index is 0.525. The fourth-order valence-corrected chi connectivity index (χ4v) is 3.85. The molecule has 1 aliphatic rings. The van der Waals surface area contributed by atoms with Crippen LogP contribution < -0.4 is 0 Å². The van der Waals surface area contributed by atoms with Gasteiger partial charge in [0.15, 0.2) is 0 Å². The lowest BCUT2D eigenvalue weighted by molar-refractivity contribution is 0.679. The predicted octanol–water partition coefficient (Wildman–Crippen LogP) is 3.21. The lowest BCUT2D eigenvalue weighted by Crippen LogP contribution is -2.26. The molecule has 1 saturated carbocycles. The van der Waals surface area contributed by atoms with Crippen LogP contribution in [0.3, 0.4) is 0 Å². The van der Waals surface area contributed by atoms with Crippen LogP contribution in [0, 0.1) is 12.8 Å². The van der Waals surface area contributed by atoms with Gasteiger partial charge in [0.2, 0.25) is 0 Å². The molecule has 58 valence electrons. The fourth-order valence-electron chi connectivity index (χ4n) is 1.80. The zero-order chi connectivity index (χ0) is 7.78. The van der Waals surface area contributed by atoms with Gasteiger partial charge < -0.3 is 0 Å². The summed E-state index contributed by atoms with van der Waals surface area (Å²) in [5.74, 6) is 0.525. The summed E-state index contributed by atoms with van der Waals surface area (Å²) in [7, 11) is -0.846. The van der Waals surface area contributed by atoms with Crippen molar-refractivity contribution in [3.8, 4) is 0 Å². The Morgan fingerprint density at radius 2 is 1.80 bits per heavy atom. The molecule has 2 radical (unpaired) electrons. The van der Waals surface area contributed by atoms with Crippen molar-refractivity contribution in [3.63, 3.8) is 0 Å². The summed E-state index contributed by atoms with van der Waals surface area (Å²) >= 11 is 0. The van der Waals surface area contributed by atoms with Gasteiger partial charge in [0.05, 0.1) is 0 Å². The maximum atomic E-state index is 5.84. The van der Waals surface area contributed by atoms with Crippen LogP contribution >= 0.6 is 0 Å². The third-order valence-corrected chi connectivity index (χ3v) is 5.67. The van der Waals surface area contributed by atoms with E-state index >= 15 is 0 Å². The lowest BCUT2D eigenvalue weighted by Gasteiger charge is -2.24. The Morgan fingerprint density at radius 1 is 1.20 bits per heavy atom. The molecule has 2 atom stereocenters. The van der Waals surface area contributed by atoms with E-state index in [1.54, 1.807) is 0 Å². The van der Waals surface area contributed by atoms with Crippen molar-refractivity contribution in [1.29, 1.82) is 0 Å². The Bertz CT molecular complexity index is 112. The lowest BCUT2D eigenvalue weighted by atomic mass is 10.1. The number of rotatable bonds is 1. The highest BCUT2D eigenvalue weighted by Gasteiger charge is 2.32. The topological polar surface area (TPSA) is 0 Å². The normalized spacial score (nSPS) is 34.8. The molecule has 0 saturated heterocycles. The van der Waals surface area contributed by atoms with Gasteiger partial charge in [-0.2, -0.15) is 0 Å². The molecule has 0 bridgehead atoms. The van der Waals surface area contributed by atoms with Crippen LogP contribution in [0.5, 0.6) is 0 Å². The quantitative estimate of drug-likeness (QED) is 0.509. The Kier molecular flexibility index (Phi) is 2.23. The van der Waals surface area contributed by atoms with E-state index in [-0.39, 0.29) is 0 Å². The Hall–Kier alpha value is 0.217. The van der Waals surface area contributed by atoms with E-state index in [9.17, 15) is 0 Å². The van der Waals surface area contributed by atoms with Crippen molar-refractivity contribution >= 4 is 8.07 Å². The van der Waals surface area contributed by atoms with E-state index in [2.05, 4.69) is 19.6 Å². The monoisotopic (exact) mass is 154 g/mol. The summed E-state index contributed by atoms with van der Waals surface area (Å²) in [6.45, 7) is 13.2. The molecule has 0 aromatic carbocycles. The Balaban J connectivity index is 2.45. The summed E-state index contributed by atoms with van der Waals surface area (Å²) in [6, 6.07) is 0. The fraction of sp³-hybridized carbons (Fsp3) is 0.889. The zero-order valence-corrected chi connectivity index (χ0v) is 8.35. The van der Waals surface area contributed by atoms with Gasteiger partial charge in [0.25, 0.3) is 0 Å². The third-order valence-electron chi connectivity index (χ3n) is 2.70. The largest absolute Gasteiger partial charge is 0.0693 e. The first-order chi connectivity index (χ1) is 4.50. The van der Waals surface area contributed by atoms with E-state index in [0.717, 1.165) is 5.54 Å². The molecule has 0 aromatic rings. The van der Waals surface area contributed by atoms with Gasteiger partial charge in [-0.15, -0.1) is 0 Å². The van der Waals surface area contributed by atoms with Crippen molar-refractivity contribution in [1.82, 2.24) is 0 Å². The number of hydrogen-bond acceptors (Lipinski definition) is 0. The Morgan fingerprint density at radius 3 is 2.00 bits per heavy atom. The molecule has 0 amide bonds. The standard InChI is InChI=1S/C9H18Si/c1-8-5-6-9(7-8)10(2,3)4/h1,8-9H,5-7H2,2-4H3. The minimum Gasteiger partial charge on any atom is -0.0693 e. The molecule has 1 heteroatoms. The van der Waals surface area contributed by atoms with Gasteiger partial charge in [0.1, 0.15) is 0 Å². The molecular formula is C9H18Si. The molecule has 10 heavy (non-hydrogen) atoms. The molecule has 0 spiro atoms. The van der Waals surface area contributed by atoms with Gasteiger partial charge in [-0.3, -0.25) is 0 Å². The number of hydrogen-bond donors (Lipinski definition) is 0. The van der Waals surface area contributed by atoms with Crippen LogP contribution in [-0.4, -0.2) is 8.07 Å². The summed E-state index contributed by atoms with van der Waals surface area (Å²) in [5.41, 5.74) is 1.00. The average molecular weight is 154 g/mol. The summed E-state index contributed by atoms with van der Waals surface area (Å²) in [6.07, 6.45) is 3.97. The third kappa shape index (κ3) is 1.85. The van der Waals surface area contributed by atoms with E-state index in [4.69, 9.17) is 6.92 Å². The van der Waals surface area contributed by atoms with Crippen LogP contribution in [-0.2, 0) is 0 Å². The van der Waals surface area contributed by atoms with Crippen LogP contribution in [0.2, 0.25) is 25.2 Å². The summed E-state index contributed by atoms with van der Waals surface area (Å²) in [4.78, 5) is 0. The first-order valence-electron chi connectivity index (χ1n) is 4.26. The van der Waals surface area contributed by atoms with Gasteiger partial charge in [0, 0.05) is 8.07 Å². The molecule has 0 heterocycles. The highest BCUT2D eigenvalue weighted by atomic mass is 28.3. The molecule has 0 aliphatic heterocycles. The Labute approximate surface area is 66.0 Å². The van der Waals surface area contributed by atoms with Crippen molar-refractivity contribution < 1.29 is 0 Å². The van der Waals surface area contributed by atoms with Crippen molar-refractivity contribution in [2.75, 3.05) is 0 Å². The molecule has 1 rings (SSSR count). The molecule has 1 aliphatic carbocycles. The summed E-state index contributed by atoms with van der Waals surface area (Å²) in [5, 5.41) is 0. The van der Waals surface area contributed by atoms with Gasteiger partial charge in [-0.25, -0.2) is 0 Å². The second kappa shape index (κ2) is 2.69. The maximum Gasteiger partial charge on any atom is 0.0473 e. The highest BCUT2D eigenvalue weighted by molar-refractivity contribution is 6.77. The maximum absolute atomic E-state index is 5.84. The van der Waals surface area contributed by atoms with Crippen LogP contribution in [0.25, 0.3) is 0 Å². The van der Waals surface area contributed by atoms with Crippen LogP contribution in [0.4, 0.5) is 0 Å². The molecule has 2 unspecified atom stereocenters. The predicted molar refractivity (Wildman–Crippen MR) is 48.7 cm³/mol. The molecule has 0 aromatic heterocycles. The van der Waals surface area contributed by atoms with Gasteiger partial charge >= 0.3 is 0 Å². The molecular weight excluding hydrogens is 136 g/mol. The summed E-state index contributed by atoms with van der Waals surface area (Å²) < 4.78 is 0. The molecule has 0 nitrogen and oxygen atoms in total. The second-order valence-corrected chi connectivity index (χ2v) is 10.2. The van der Waals surface area contributed by atoms with E-state index in [1.165, 1.54) is 19.3 Å². The first-order valence-corrected chi connectivity index (χ1v) is 7.83. The molecule has 0 N–H and O–H groups in total. The van der Waals surface area contributed by atoms with Gasteiger partial charge in [-0.05, 0) is 24.8 Å². The van der Waals surface area contributed by atoms with Gasteiger partial charge in [-0.1, -0.05) is 32.5 Å². The smallest absolute Gasteiger partial charge is 0.0473 e. The zero-order valence-electron chi connectivity index (χ0n) is 7.35. The minimum atomic E-state index is -0.846. The van der Waals surface area contributed by atoms with Crippen LogP contribution in [0.1, 0.15) is 19.3 Å². The second-order valence-electron chi connectivity index (χ2n) is 4.64. The molecule has 1 fully saturated rings. The van der Waals surface area contributed by atoms with Crippen molar-refractivity contribution in [3.05, 3.63) is 6.92 Å². The van der Waals surface area contributed by atoms with Crippen molar-refractivity contribution in [2.24, 2.45) is 5.92 Å². The average Bonchev–Trinajstić information content (AvgIpc) is 2.11. The van der Waals surface area contributed by atoms with E-state index in [0.29, 0.717) is 5.92 Å². The van der Waals surface area contributed by atoms with Crippen molar-refractivity contribution in [2.45, 2.75) is 44.4 Å². The highest BCUT2D eigenvalue weighted by Crippen LogP contribution is 2.41. The van der Waals surface area contributed by atoms with Crippen LogP contribution in [0.15, 0.2) is 0 Å². The van der Waals surface area contributed by atoms with E-state index < -0.39 is 8.07 Å². The first kappa shape index (κ1) is 8.31. The SMILES string of the molecule is [CH]C1CCC([Si](C)(C)C)C1.